The molecule has 0 bridgehead atoms. The molecule has 0 amide bonds. The lowest BCUT2D eigenvalue weighted by molar-refractivity contribution is 0.284. The van der Waals surface area contributed by atoms with Crippen molar-refractivity contribution in [2.24, 2.45) is 5.92 Å². The highest BCUT2D eigenvalue weighted by molar-refractivity contribution is 6.31. The van der Waals surface area contributed by atoms with E-state index in [1.807, 2.05) is 43.3 Å². The summed E-state index contributed by atoms with van der Waals surface area (Å²) in [5.74, 6) is 0.106. The molecule has 2 heterocycles. The molecule has 0 fully saturated rings. The summed E-state index contributed by atoms with van der Waals surface area (Å²) in [6, 6.07) is 15.2. The highest BCUT2D eigenvalue weighted by Crippen LogP contribution is 2.44. The molecule has 2 aromatic carbocycles. The van der Waals surface area contributed by atoms with E-state index in [0.29, 0.717) is 29.0 Å². The van der Waals surface area contributed by atoms with Crippen molar-refractivity contribution < 1.29 is 14.2 Å². The number of fused-ring (bicyclic) bond motifs is 1. The number of aryl methyl sites for hydroxylation is 1. The van der Waals surface area contributed by atoms with Gasteiger partial charge in [-0.25, -0.2) is 0 Å². The first-order valence-corrected chi connectivity index (χ1v) is 9.66. The molecule has 1 aliphatic rings. The first kappa shape index (κ1) is 19.8. The van der Waals surface area contributed by atoms with Gasteiger partial charge in [0, 0.05) is 27.8 Å². The summed E-state index contributed by atoms with van der Waals surface area (Å²) in [7, 11) is 1.56. The van der Waals surface area contributed by atoms with Gasteiger partial charge in [-0.05, 0) is 30.7 Å². The standard InChI is InChI=1S/C22H19ClN4O3/c1-12-19-20(15(10-24)21(25)30-22(19)27-26-12)13-7-8-17(18(9-13)28-2)29-11-14-5-3-4-6-16(14)23/h3-9,15,20,25H,11H2,1-2H3,(H,26,27). The summed E-state index contributed by atoms with van der Waals surface area (Å²) in [6.07, 6.45) is 0. The predicted octanol–water partition coefficient (Wildman–Crippen LogP) is 4.60. The van der Waals surface area contributed by atoms with E-state index in [-0.39, 0.29) is 5.90 Å². The fourth-order valence-corrected chi connectivity index (χ4v) is 3.80. The molecule has 152 valence electrons. The maximum atomic E-state index is 9.69. The van der Waals surface area contributed by atoms with Crippen molar-refractivity contribution in [3.05, 3.63) is 69.9 Å². The van der Waals surface area contributed by atoms with Gasteiger partial charge in [-0.2, -0.15) is 5.26 Å². The Balaban J connectivity index is 1.68. The second kappa shape index (κ2) is 8.09. The number of nitrogens with one attached hydrogen (secondary N) is 2. The van der Waals surface area contributed by atoms with Crippen LogP contribution in [0.4, 0.5) is 0 Å². The molecule has 2 unspecified atom stereocenters. The van der Waals surface area contributed by atoms with Gasteiger partial charge in [-0.1, -0.05) is 35.9 Å². The molecule has 30 heavy (non-hydrogen) atoms. The van der Waals surface area contributed by atoms with Gasteiger partial charge in [0.15, 0.2) is 11.5 Å². The van der Waals surface area contributed by atoms with E-state index in [1.165, 1.54) is 0 Å². The Morgan fingerprint density at radius 2 is 2.07 bits per heavy atom. The van der Waals surface area contributed by atoms with E-state index in [4.69, 9.17) is 31.2 Å². The maximum Gasteiger partial charge on any atom is 0.243 e. The van der Waals surface area contributed by atoms with Gasteiger partial charge in [0.05, 0.1) is 13.2 Å². The number of benzene rings is 2. The Labute approximate surface area is 178 Å². The number of halogens is 1. The molecule has 2 atom stereocenters. The minimum absolute atomic E-state index is 0.125. The van der Waals surface area contributed by atoms with Crippen LogP contribution in [0.5, 0.6) is 17.4 Å². The fraction of sp³-hybridized carbons (Fsp3) is 0.227. The number of nitrogens with zero attached hydrogens (tertiary/aromatic N) is 2. The third-order valence-corrected chi connectivity index (χ3v) is 5.49. The largest absolute Gasteiger partial charge is 0.493 e. The molecule has 7 nitrogen and oxygen atoms in total. The van der Waals surface area contributed by atoms with Crippen LogP contribution in [0.3, 0.4) is 0 Å². The van der Waals surface area contributed by atoms with Crippen LogP contribution in [-0.2, 0) is 6.61 Å². The lowest BCUT2D eigenvalue weighted by atomic mass is 9.79. The molecule has 8 heteroatoms. The van der Waals surface area contributed by atoms with Crippen LogP contribution in [0, 0.1) is 29.6 Å². The van der Waals surface area contributed by atoms with E-state index < -0.39 is 11.8 Å². The SMILES string of the molecule is COc1cc(C2c3c(n[nH]c3C)OC(=N)C2C#N)ccc1OCc1ccccc1Cl. The van der Waals surface area contributed by atoms with Gasteiger partial charge < -0.3 is 14.2 Å². The molecular formula is C22H19ClN4O3. The van der Waals surface area contributed by atoms with Crippen molar-refractivity contribution >= 4 is 17.5 Å². The summed E-state index contributed by atoms with van der Waals surface area (Å²) in [5.41, 5.74) is 3.23. The first-order chi connectivity index (χ1) is 14.5. The average molecular weight is 423 g/mol. The number of hydrogen-bond donors (Lipinski definition) is 2. The second-order valence-corrected chi connectivity index (χ2v) is 7.32. The number of methoxy groups -OCH3 is 1. The molecule has 0 saturated heterocycles. The number of H-pyrrole nitrogens is 1. The van der Waals surface area contributed by atoms with Crippen molar-refractivity contribution in [2.75, 3.05) is 7.11 Å². The third kappa shape index (κ3) is 3.46. The van der Waals surface area contributed by atoms with Gasteiger partial charge in [0.2, 0.25) is 11.8 Å². The number of aromatic nitrogens is 2. The highest BCUT2D eigenvalue weighted by atomic mass is 35.5. The number of rotatable bonds is 5. The zero-order valence-corrected chi connectivity index (χ0v) is 17.2. The van der Waals surface area contributed by atoms with Gasteiger partial charge in [0.25, 0.3) is 0 Å². The quantitative estimate of drug-likeness (QED) is 0.625. The number of ether oxygens (including phenoxy) is 3. The Morgan fingerprint density at radius 3 is 2.80 bits per heavy atom. The zero-order chi connectivity index (χ0) is 21.3. The van der Waals surface area contributed by atoms with Crippen LogP contribution in [0.15, 0.2) is 42.5 Å². The number of aromatic amines is 1. The summed E-state index contributed by atoms with van der Waals surface area (Å²) in [6.45, 7) is 2.16. The van der Waals surface area contributed by atoms with E-state index in [9.17, 15) is 5.26 Å². The molecule has 0 radical (unpaired) electrons. The van der Waals surface area contributed by atoms with Crippen molar-refractivity contribution in [3.63, 3.8) is 0 Å². The fourth-order valence-electron chi connectivity index (χ4n) is 3.61. The van der Waals surface area contributed by atoms with Gasteiger partial charge in [-0.3, -0.25) is 10.5 Å². The van der Waals surface area contributed by atoms with Crippen molar-refractivity contribution in [3.8, 4) is 23.4 Å². The highest BCUT2D eigenvalue weighted by Gasteiger charge is 2.40. The van der Waals surface area contributed by atoms with E-state index in [0.717, 1.165) is 22.4 Å². The minimum Gasteiger partial charge on any atom is -0.493 e. The van der Waals surface area contributed by atoms with E-state index in [2.05, 4.69) is 16.3 Å². The minimum atomic E-state index is -0.770. The molecule has 1 aromatic heterocycles. The van der Waals surface area contributed by atoms with E-state index >= 15 is 0 Å². The van der Waals surface area contributed by atoms with Gasteiger partial charge >= 0.3 is 0 Å². The summed E-state index contributed by atoms with van der Waals surface area (Å²) < 4.78 is 16.9. The molecule has 3 aromatic rings. The smallest absolute Gasteiger partial charge is 0.243 e. The van der Waals surface area contributed by atoms with Crippen LogP contribution in [0.1, 0.15) is 28.3 Å². The van der Waals surface area contributed by atoms with E-state index in [1.54, 1.807) is 13.2 Å². The van der Waals surface area contributed by atoms with Crippen LogP contribution in [0.2, 0.25) is 5.02 Å². The van der Waals surface area contributed by atoms with Crippen molar-refractivity contribution in [1.82, 2.24) is 10.2 Å². The summed E-state index contributed by atoms with van der Waals surface area (Å²) >= 11 is 6.21. The Kier molecular flexibility index (Phi) is 5.34. The maximum absolute atomic E-state index is 9.69. The van der Waals surface area contributed by atoms with Crippen LogP contribution >= 0.6 is 11.6 Å². The molecule has 0 aliphatic carbocycles. The number of nitriles is 1. The monoisotopic (exact) mass is 422 g/mol. The van der Waals surface area contributed by atoms with Crippen molar-refractivity contribution in [1.29, 1.82) is 10.7 Å². The zero-order valence-electron chi connectivity index (χ0n) is 16.4. The Hall–Kier alpha value is -3.50. The topological polar surface area (TPSA) is 104 Å². The summed E-state index contributed by atoms with van der Waals surface area (Å²) in [5, 5.41) is 25.4. The molecule has 1 aliphatic heterocycles. The molecule has 0 saturated carbocycles. The lowest BCUT2D eigenvalue weighted by Gasteiger charge is -2.28. The molecule has 2 N–H and O–H groups in total. The van der Waals surface area contributed by atoms with Crippen LogP contribution in [-0.4, -0.2) is 23.2 Å². The normalized spacial score (nSPS) is 17.6. The van der Waals surface area contributed by atoms with Crippen LogP contribution < -0.4 is 14.2 Å². The van der Waals surface area contributed by atoms with Gasteiger partial charge in [0.1, 0.15) is 12.5 Å². The molecular weight excluding hydrogens is 404 g/mol. The Bertz CT molecular complexity index is 1150. The third-order valence-electron chi connectivity index (χ3n) is 5.12. The average Bonchev–Trinajstić information content (AvgIpc) is 3.12. The van der Waals surface area contributed by atoms with Crippen LogP contribution in [0.25, 0.3) is 0 Å². The second-order valence-electron chi connectivity index (χ2n) is 6.91. The van der Waals surface area contributed by atoms with Crippen molar-refractivity contribution in [2.45, 2.75) is 19.4 Å². The molecule has 0 spiro atoms. The molecule has 4 rings (SSSR count). The lowest BCUT2D eigenvalue weighted by Crippen LogP contribution is -2.31. The summed E-state index contributed by atoms with van der Waals surface area (Å²) in [4.78, 5) is 0. The Morgan fingerprint density at radius 1 is 1.27 bits per heavy atom. The first-order valence-electron chi connectivity index (χ1n) is 9.28. The van der Waals surface area contributed by atoms with Gasteiger partial charge in [-0.15, -0.1) is 5.10 Å². The predicted molar refractivity (Wildman–Crippen MR) is 111 cm³/mol. The number of hydrogen-bond acceptors (Lipinski definition) is 6.